The summed E-state index contributed by atoms with van der Waals surface area (Å²) in [6.45, 7) is 6.57. The van der Waals surface area contributed by atoms with Crippen LogP contribution < -0.4 is 0 Å². The van der Waals surface area contributed by atoms with Crippen LogP contribution in [0.2, 0.25) is 0 Å². The zero-order chi connectivity index (χ0) is 18.0. The van der Waals surface area contributed by atoms with Crippen LogP contribution >= 0.6 is 24.0 Å². The van der Waals surface area contributed by atoms with E-state index in [4.69, 9.17) is 12.2 Å². The molecule has 132 valence electrons. The molecule has 0 aromatic heterocycles. The Kier molecular flexibility index (Phi) is 5.56. The molecule has 0 N–H and O–H groups in total. The fourth-order valence-electron chi connectivity index (χ4n) is 2.87. The SMILES string of the molecule is CCN1CCN(C(=O)c2ccc(/C=C3/SC(=S)N(C)C3=O)cc2)CC1. The van der Waals surface area contributed by atoms with E-state index in [1.54, 1.807) is 7.05 Å². The van der Waals surface area contributed by atoms with Crippen molar-refractivity contribution in [3.8, 4) is 0 Å². The third kappa shape index (κ3) is 3.94. The lowest BCUT2D eigenvalue weighted by Crippen LogP contribution is -2.48. The van der Waals surface area contributed by atoms with Crippen molar-refractivity contribution in [1.29, 1.82) is 0 Å². The van der Waals surface area contributed by atoms with Crippen molar-refractivity contribution in [2.24, 2.45) is 0 Å². The molecule has 25 heavy (non-hydrogen) atoms. The van der Waals surface area contributed by atoms with Gasteiger partial charge in [-0.15, -0.1) is 0 Å². The first-order valence-corrected chi connectivity index (χ1v) is 9.55. The summed E-state index contributed by atoms with van der Waals surface area (Å²) in [5, 5.41) is 0. The maximum absolute atomic E-state index is 12.6. The molecule has 0 atom stereocenters. The van der Waals surface area contributed by atoms with Gasteiger partial charge >= 0.3 is 0 Å². The molecule has 2 aliphatic heterocycles. The summed E-state index contributed by atoms with van der Waals surface area (Å²) in [7, 11) is 1.68. The van der Waals surface area contributed by atoms with Gasteiger partial charge in [-0.2, -0.15) is 0 Å². The first-order valence-electron chi connectivity index (χ1n) is 8.33. The molecular formula is C18H21N3O2S2. The number of amides is 2. The maximum Gasteiger partial charge on any atom is 0.265 e. The minimum atomic E-state index is -0.0797. The van der Waals surface area contributed by atoms with E-state index in [0.29, 0.717) is 14.8 Å². The normalized spacial score (nSPS) is 20.6. The molecule has 3 rings (SSSR count). The van der Waals surface area contributed by atoms with Gasteiger partial charge < -0.3 is 9.80 Å². The van der Waals surface area contributed by atoms with Crippen molar-refractivity contribution in [3.05, 3.63) is 40.3 Å². The van der Waals surface area contributed by atoms with E-state index in [9.17, 15) is 9.59 Å². The predicted molar refractivity (Wildman–Crippen MR) is 105 cm³/mol. The van der Waals surface area contributed by atoms with E-state index in [1.165, 1.54) is 16.7 Å². The fraction of sp³-hybridized carbons (Fsp3) is 0.389. The fourth-order valence-corrected chi connectivity index (χ4v) is 4.05. The minimum Gasteiger partial charge on any atom is -0.336 e. The van der Waals surface area contributed by atoms with Crippen LogP contribution in [-0.4, -0.2) is 70.6 Å². The quantitative estimate of drug-likeness (QED) is 0.599. The van der Waals surface area contributed by atoms with Crippen LogP contribution in [0.25, 0.3) is 6.08 Å². The lowest BCUT2D eigenvalue weighted by molar-refractivity contribution is -0.121. The maximum atomic E-state index is 12.6. The highest BCUT2D eigenvalue weighted by atomic mass is 32.2. The molecule has 7 heteroatoms. The summed E-state index contributed by atoms with van der Waals surface area (Å²) in [5.41, 5.74) is 1.58. The number of hydrogen-bond acceptors (Lipinski definition) is 5. The van der Waals surface area contributed by atoms with Crippen molar-refractivity contribution >= 4 is 46.2 Å². The second-order valence-corrected chi connectivity index (χ2v) is 7.76. The number of piperazine rings is 1. The van der Waals surface area contributed by atoms with Crippen LogP contribution in [0, 0.1) is 0 Å². The topological polar surface area (TPSA) is 43.9 Å². The van der Waals surface area contributed by atoms with E-state index in [1.807, 2.05) is 35.2 Å². The summed E-state index contributed by atoms with van der Waals surface area (Å²) in [4.78, 5) is 31.0. The molecule has 2 amide bonds. The second-order valence-electron chi connectivity index (χ2n) is 6.09. The van der Waals surface area contributed by atoms with Gasteiger partial charge in [-0.3, -0.25) is 14.5 Å². The van der Waals surface area contributed by atoms with E-state index in [-0.39, 0.29) is 11.8 Å². The highest BCUT2D eigenvalue weighted by Gasteiger charge is 2.28. The van der Waals surface area contributed by atoms with Crippen LogP contribution in [0.1, 0.15) is 22.8 Å². The lowest BCUT2D eigenvalue weighted by Gasteiger charge is -2.34. The van der Waals surface area contributed by atoms with E-state index < -0.39 is 0 Å². The standard InChI is InChI=1S/C18H21N3O2S2/c1-3-20-8-10-21(11-9-20)16(22)14-6-4-13(5-7-14)12-15-17(23)19(2)18(24)25-15/h4-7,12H,3,8-11H2,1-2H3/b15-12+. The minimum absolute atomic E-state index is 0.0715. The molecule has 5 nitrogen and oxygen atoms in total. The van der Waals surface area contributed by atoms with Crippen molar-refractivity contribution < 1.29 is 9.59 Å². The number of hydrogen-bond donors (Lipinski definition) is 0. The Hall–Kier alpha value is -1.70. The Morgan fingerprint density at radius 2 is 1.84 bits per heavy atom. The summed E-state index contributed by atoms with van der Waals surface area (Å²) in [6, 6.07) is 7.40. The van der Waals surface area contributed by atoms with Gasteiger partial charge in [0.15, 0.2) is 0 Å². The van der Waals surface area contributed by atoms with Gasteiger partial charge in [0, 0.05) is 38.8 Å². The number of benzene rings is 1. The molecule has 2 saturated heterocycles. The Bertz CT molecular complexity index is 722. The van der Waals surface area contributed by atoms with Crippen LogP contribution in [0.4, 0.5) is 0 Å². The molecule has 0 saturated carbocycles. The van der Waals surface area contributed by atoms with Gasteiger partial charge in [0.2, 0.25) is 0 Å². The molecule has 2 aliphatic rings. The Labute approximate surface area is 157 Å². The van der Waals surface area contributed by atoms with Gasteiger partial charge in [0.1, 0.15) is 4.32 Å². The van der Waals surface area contributed by atoms with Gasteiger partial charge in [0.05, 0.1) is 4.91 Å². The van der Waals surface area contributed by atoms with Gasteiger partial charge in [-0.05, 0) is 30.3 Å². The summed E-state index contributed by atoms with van der Waals surface area (Å²) < 4.78 is 0.564. The first kappa shape index (κ1) is 18.1. The molecule has 0 unspecified atom stereocenters. The smallest absolute Gasteiger partial charge is 0.265 e. The lowest BCUT2D eigenvalue weighted by atomic mass is 10.1. The molecule has 0 aliphatic carbocycles. The molecule has 0 bridgehead atoms. The zero-order valence-corrected chi connectivity index (χ0v) is 16.0. The number of thiocarbonyl (C=S) groups is 1. The molecule has 0 radical (unpaired) electrons. The van der Waals surface area contributed by atoms with Crippen LogP contribution in [0.15, 0.2) is 29.2 Å². The third-order valence-electron chi connectivity index (χ3n) is 4.55. The highest BCUT2D eigenvalue weighted by molar-refractivity contribution is 8.26. The van der Waals surface area contributed by atoms with Crippen molar-refractivity contribution in [1.82, 2.24) is 14.7 Å². The molecule has 1 aromatic rings. The monoisotopic (exact) mass is 375 g/mol. The van der Waals surface area contributed by atoms with Gasteiger partial charge in [-0.25, -0.2) is 0 Å². The Morgan fingerprint density at radius 3 is 2.36 bits per heavy atom. The van der Waals surface area contributed by atoms with Gasteiger partial charge in [0.25, 0.3) is 11.8 Å². The zero-order valence-electron chi connectivity index (χ0n) is 14.4. The molecule has 0 spiro atoms. The molecule has 2 fully saturated rings. The van der Waals surface area contributed by atoms with Crippen molar-refractivity contribution in [2.45, 2.75) is 6.92 Å². The van der Waals surface area contributed by atoms with Crippen LogP contribution in [-0.2, 0) is 4.79 Å². The number of rotatable bonds is 3. The highest BCUT2D eigenvalue weighted by Crippen LogP contribution is 2.31. The molecular weight excluding hydrogens is 354 g/mol. The van der Waals surface area contributed by atoms with E-state index >= 15 is 0 Å². The third-order valence-corrected chi connectivity index (χ3v) is 6.03. The Morgan fingerprint density at radius 1 is 1.20 bits per heavy atom. The van der Waals surface area contributed by atoms with Crippen molar-refractivity contribution in [3.63, 3.8) is 0 Å². The average molecular weight is 376 g/mol. The number of thioether (sulfide) groups is 1. The number of carbonyl (C=O) groups is 2. The van der Waals surface area contributed by atoms with E-state index in [0.717, 1.165) is 38.3 Å². The van der Waals surface area contributed by atoms with Crippen molar-refractivity contribution in [2.75, 3.05) is 39.8 Å². The number of likely N-dealkylation sites (N-methyl/N-ethyl adjacent to an activating group) is 2. The molecule has 2 heterocycles. The summed E-state index contributed by atoms with van der Waals surface area (Å²) in [5.74, 6) is -0.00821. The predicted octanol–water partition coefficient (Wildman–Crippen LogP) is 2.30. The molecule has 1 aromatic carbocycles. The van der Waals surface area contributed by atoms with E-state index in [2.05, 4.69) is 11.8 Å². The van der Waals surface area contributed by atoms with Crippen LogP contribution in [0.3, 0.4) is 0 Å². The van der Waals surface area contributed by atoms with Gasteiger partial charge in [-0.1, -0.05) is 43.0 Å². The average Bonchev–Trinajstić information content (AvgIpc) is 2.88. The summed E-state index contributed by atoms with van der Waals surface area (Å²) in [6.07, 6.45) is 1.82. The second kappa shape index (κ2) is 7.68. The van der Waals surface area contributed by atoms with Crippen LogP contribution in [0.5, 0.6) is 0 Å². The largest absolute Gasteiger partial charge is 0.336 e. The Balaban J connectivity index is 1.67. The summed E-state index contributed by atoms with van der Waals surface area (Å²) >= 11 is 6.43. The first-order chi connectivity index (χ1) is 12.0. The number of nitrogens with zero attached hydrogens (tertiary/aromatic N) is 3. The number of carbonyl (C=O) groups excluding carboxylic acids is 2.